The number of alkyl halides is 3. The summed E-state index contributed by atoms with van der Waals surface area (Å²) >= 11 is 0. The predicted molar refractivity (Wildman–Crippen MR) is 22.4 cm³/mol. The Balaban J connectivity index is 2.53. The highest BCUT2D eigenvalue weighted by molar-refractivity contribution is 4.86. The third-order valence-electron chi connectivity index (χ3n) is 0.767. The highest BCUT2D eigenvalue weighted by Crippen LogP contribution is 2.25. The van der Waals surface area contributed by atoms with E-state index < -0.39 is 6.30 Å². The summed E-state index contributed by atoms with van der Waals surface area (Å²) < 4.78 is 38.8. The van der Waals surface area contributed by atoms with Gasteiger partial charge in [0.25, 0.3) is 0 Å². The molecule has 0 aromatic heterocycles. The monoisotopic (exact) mass is 138 g/mol. The van der Waals surface area contributed by atoms with E-state index in [9.17, 15) is 13.2 Å². The first-order chi connectivity index (χ1) is 4.11. The van der Waals surface area contributed by atoms with Gasteiger partial charge >= 0.3 is 6.30 Å². The summed E-state index contributed by atoms with van der Waals surface area (Å²) in [7, 11) is 0. The minimum Gasteiger partial charge on any atom is -0.470 e. The molecule has 2 nitrogen and oxygen atoms in total. The fourth-order valence-electron chi connectivity index (χ4n) is 0.381. The molecule has 1 aliphatic rings. The maximum Gasteiger partial charge on any atom is 0.487 e. The van der Waals surface area contributed by atoms with E-state index in [1.54, 1.807) is 0 Å². The number of hydrogen-bond donors (Lipinski definition) is 0. The summed E-state index contributed by atoms with van der Waals surface area (Å²) in [4.78, 5) is 0.0208. The molecule has 0 unspecified atom stereocenters. The lowest BCUT2D eigenvalue weighted by atomic mass is 10.8. The lowest BCUT2D eigenvalue weighted by Crippen LogP contribution is -2.28. The average Bonchev–Trinajstić information content (AvgIpc) is 2.08. The second-order valence-corrected chi connectivity index (χ2v) is 1.40. The van der Waals surface area contributed by atoms with Gasteiger partial charge in [-0.25, -0.2) is 4.90 Å². The van der Waals surface area contributed by atoms with Crippen LogP contribution in [0.1, 0.15) is 0 Å². The van der Waals surface area contributed by atoms with Crippen LogP contribution >= 0.6 is 0 Å². The second kappa shape index (κ2) is 1.82. The zero-order valence-corrected chi connectivity index (χ0v) is 4.22. The van der Waals surface area contributed by atoms with Gasteiger partial charge in [-0.05, 0) is 0 Å². The molecule has 0 aliphatic carbocycles. The molecule has 1 heterocycles. The zero-order chi connectivity index (χ0) is 6.91. The van der Waals surface area contributed by atoms with Gasteiger partial charge in [0.15, 0.2) is 0 Å². The molecule has 0 amide bonds. The fraction of sp³-hybridized carbons (Fsp3) is 0.250. The first-order valence-electron chi connectivity index (χ1n) is 2.11. The molecule has 1 radical (unpaired) electrons. The molecule has 1 aliphatic heterocycles. The lowest BCUT2D eigenvalue weighted by molar-refractivity contribution is -0.222. The number of hydrogen-bond acceptors (Lipinski definition) is 2. The molecule has 0 bridgehead atoms. The van der Waals surface area contributed by atoms with Gasteiger partial charge in [-0.1, -0.05) is 0 Å². The van der Waals surface area contributed by atoms with Gasteiger partial charge in [0, 0.05) is 6.20 Å². The minimum atomic E-state index is -4.35. The van der Waals surface area contributed by atoms with Crippen molar-refractivity contribution < 1.29 is 17.9 Å². The standard InChI is InChI=1S/C4H3F3NO/c5-4(6,7)8-1-2-9-3-8/h1-3H. The van der Waals surface area contributed by atoms with E-state index in [2.05, 4.69) is 4.74 Å². The molecular weight excluding hydrogens is 135 g/mol. The summed E-state index contributed by atoms with van der Waals surface area (Å²) in [5, 5.41) is 0. The predicted octanol–water partition coefficient (Wildman–Crippen LogP) is 1.43. The molecule has 0 fully saturated rings. The van der Waals surface area contributed by atoms with Crippen LogP contribution in [0.4, 0.5) is 13.2 Å². The van der Waals surface area contributed by atoms with Crippen molar-refractivity contribution in [3.05, 3.63) is 19.2 Å². The van der Waals surface area contributed by atoms with E-state index in [1.165, 1.54) is 0 Å². The van der Waals surface area contributed by atoms with Gasteiger partial charge in [0.05, 0.1) is 0 Å². The van der Waals surface area contributed by atoms with Crippen LogP contribution in [0.25, 0.3) is 0 Å². The van der Waals surface area contributed by atoms with Crippen molar-refractivity contribution in [1.29, 1.82) is 0 Å². The average molecular weight is 138 g/mol. The molecule has 9 heavy (non-hydrogen) atoms. The Labute approximate surface area is 49.5 Å². The molecule has 1 rings (SSSR count). The van der Waals surface area contributed by atoms with Crippen LogP contribution in [0, 0.1) is 6.73 Å². The van der Waals surface area contributed by atoms with Crippen LogP contribution in [-0.4, -0.2) is 11.2 Å². The molecule has 0 aromatic rings. The Kier molecular flexibility index (Phi) is 1.27. The molecule has 0 saturated carbocycles. The van der Waals surface area contributed by atoms with Crippen molar-refractivity contribution in [2.75, 3.05) is 0 Å². The molecule has 0 saturated heterocycles. The molecule has 0 aromatic carbocycles. The minimum absolute atomic E-state index is 0.0208. The summed E-state index contributed by atoms with van der Waals surface area (Å²) in [6.07, 6.45) is -2.61. The van der Waals surface area contributed by atoms with Crippen LogP contribution in [0.5, 0.6) is 0 Å². The van der Waals surface area contributed by atoms with Crippen molar-refractivity contribution in [2.24, 2.45) is 0 Å². The van der Waals surface area contributed by atoms with E-state index in [0.717, 1.165) is 12.5 Å². The molecule has 0 N–H and O–H groups in total. The van der Waals surface area contributed by atoms with Crippen LogP contribution in [0.2, 0.25) is 0 Å². The van der Waals surface area contributed by atoms with Gasteiger partial charge in [-0.15, -0.1) is 13.2 Å². The molecular formula is C4H3F3NO. The summed E-state index contributed by atoms with van der Waals surface area (Å²) in [6.45, 7) is 0.583. The summed E-state index contributed by atoms with van der Waals surface area (Å²) in [6, 6.07) is 0. The second-order valence-electron chi connectivity index (χ2n) is 1.40. The normalized spacial score (nSPS) is 18.3. The van der Waals surface area contributed by atoms with Crippen LogP contribution in [0.3, 0.4) is 0 Å². The highest BCUT2D eigenvalue weighted by atomic mass is 19.4. The third-order valence-corrected chi connectivity index (χ3v) is 0.767. The van der Waals surface area contributed by atoms with Gasteiger partial charge in [-0.2, -0.15) is 0 Å². The van der Waals surface area contributed by atoms with E-state index in [1.807, 2.05) is 0 Å². The largest absolute Gasteiger partial charge is 0.487 e. The first-order valence-corrected chi connectivity index (χ1v) is 2.11. The van der Waals surface area contributed by atoms with Crippen molar-refractivity contribution in [3.63, 3.8) is 0 Å². The van der Waals surface area contributed by atoms with E-state index in [0.29, 0.717) is 6.73 Å². The summed E-state index contributed by atoms with van der Waals surface area (Å²) in [5.74, 6) is 0. The van der Waals surface area contributed by atoms with Gasteiger partial charge in [0.1, 0.15) is 6.26 Å². The zero-order valence-electron chi connectivity index (χ0n) is 4.22. The lowest BCUT2D eigenvalue weighted by Gasteiger charge is -2.15. The van der Waals surface area contributed by atoms with Gasteiger partial charge in [-0.3, -0.25) is 0 Å². The Hall–Kier alpha value is -0.870. The molecule has 0 atom stereocenters. The third kappa shape index (κ3) is 1.28. The number of nitrogens with zero attached hydrogens (tertiary/aromatic N) is 1. The highest BCUT2D eigenvalue weighted by Gasteiger charge is 2.37. The topological polar surface area (TPSA) is 12.5 Å². The number of rotatable bonds is 0. The van der Waals surface area contributed by atoms with Gasteiger partial charge in [0.2, 0.25) is 6.73 Å². The smallest absolute Gasteiger partial charge is 0.470 e. The van der Waals surface area contributed by atoms with Crippen molar-refractivity contribution >= 4 is 0 Å². The van der Waals surface area contributed by atoms with E-state index in [4.69, 9.17) is 0 Å². The quantitative estimate of drug-likeness (QED) is 0.469. The Morgan fingerprint density at radius 2 is 2.00 bits per heavy atom. The summed E-state index contributed by atoms with van der Waals surface area (Å²) in [5.41, 5.74) is 0. The van der Waals surface area contributed by atoms with Crippen LogP contribution in [0.15, 0.2) is 12.5 Å². The van der Waals surface area contributed by atoms with Gasteiger partial charge < -0.3 is 4.74 Å². The molecule has 51 valence electrons. The molecule has 5 heteroatoms. The van der Waals surface area contributed by atoms with Crippen LogP contribution in [-0.2, 0) is 4.74 Å². The van der Waals surface area contributed by atoms with Crippen molar-refractivity contribution in [2.45, 2.75) is 6.30 Å². The van der Waals surface area contributed by atoms with Crippen LogP contribution < -0.4 is 0 Å². The fourth-order valence-corrected chi connectivity index (χ4v) is 0.381. The maximum atomic E-state index is 11.5. The Morgan fingerprint density at radius 3 is 2.22 bits per heavy atom. The Morgan fingerprint density at radius 1 is 1.33 bits per heavy atom. The van der Waals surface area contributed by atoms with E-state index in [-0.39, 0.29) is 4.90 Å². The molecule has 0 spiro atoms. The van der Waals surface area contributed by atoms with Crippen molar-refractivity contribution in [3.8, 4) is 0 Å². The number of ether oxygens (including phenoxy) is 1. The SMILES string of the molecule is FC(F)(F)N1[CH]OC=C1. The number of halogens is 3. The van der Waals surface area contributed by atoms with E-state index >= 15 is 0 Å². The Bertz CT molecular complexity index is 130. The van der Waals surface area contributed by atoms with Crippen molar-refractivity contribution in [1.82, 2.24) is 4.90 Å². The first kappa shape index (κ1) is 6.25. The maximum absolute atomic E-state index is 11.5.